The van der Waals surface area contributed by atoms with E-state index in [0.29, 0.717) is 5.02 Å². The maximum absolute atomic E-state index is 9.24. The Morgan fingerprint density at radius 1 is 1.20 bits per heavy atom. The molecule has 2 aromatic rings. The summed E-state index contributed by atoms with van der Waals surface area (Å²) in [5.74, 6) is 0. The van der Waals surface area contributed by atoms with Gasteiger partial charge in [-0.1, -0.05) is 41.9 Å². The van der Waals surface area contributed by atoms with Crippen molar-refractivity contribution in [2.24, 2.45) is 0 Å². The van der Waals surface area contributed by atoms with Gasteiger partial charge in [-0.3, -0.25) is 0 Å². The first-order valence-corrected chi connectivity index (χ1v) is 7.51. The van der Waals surface area contributed by atoms with Crippen LogP contribution in [0.2, 0.25) is 5.02 Å². The summed E-state index contributed by atoms with van der Waals surface area (Å²) >= 11 is 9.33. The molecule has 0 aromatic heterocycles. The predicted octanol–water partition coefficient (Wildman–Crippen LogP) is 5.04. The highest BCUT2D eigenvalue weighted by atomic mass is 79.9. The molecule has 0 saturated carbocycles. The first-order chi connectivity index (χ1) is 9.69. The zero-order valence-electron chi connectivity index (χ0n) is 10.8. The summed E-state index contributed by atoms with van der Waals surface area (Å²) in [4.78, 5) is 0. The molecule has 0 aliphatic rings. The molecule has 0 saturated heterocycles. The van der Waals surface area contributed by atoms with Crippen LogP contribution >= 0.6 is 27.5 Å². The summed E-state index contributed by atoms with van der Waals surface area (Å²) in [5, 5.41) is 13.1. The van der Waals surface area contributed by atoms with Gasteiger partial charge in [0.05, 0.1) is 11.1 Å². The third-order valence-corrected chi connectivity index (χ3v) is 4.19. The fourth-order valence-corrected chi connectivity index (χ4v) is 2.41. The topological polar surface area (TPSA) is 35.8 Å². The molecule has 0 aliphatic carbocycles. The summed E-state index contributed by atoms with van der Waals surface area (Å²) in [7, 11) is 0. The molecule has 0 heterocycles. The molecule has 2 nitrogen and oxygen atoms in total. The smallest absolute Gasteiger partial charge is 0.114 e. The second kappa shape index (κ2) is 7.33. The maximum atomic E-state index is 9.24. The number of nitrogens with one attached hydrogen (secondary N) is 1. The van der Waals surface area contributed by atoms with Crippen LogP contribution in [0.4, 0.5) is 5.69 Å². The van der Waals surface area contributed by atoms with Gasteiger partial charge in [0.25, 0.3) is 0 Å². The molecule has 1 atom stereocenters. The Bertz CT molecular complexity index is 608. The minimum Gasteiger partial charge on any atom is -0.370 e. The number of hydrogen-bond donors (Lipinski definition) is 1. The Kier molecular flexibility index (Phi) is 5.46. The molecular weight excluding hydrogens is 336 g/mol. The fraction of sp³-hybridized carbons (Fsp3) is 0.188. The van der Waals surface area contributed by atoms with Crippen molar-refractivity contribution < 1.29 is 0 Å². The average molecular weight is 350 g/mol. The van der Waals surface area contributed by atoms with Crippen molar-refractivity contribution in [2.75, 3.05) is 5.32 Å². The van der Waals surface area contributed by atoms with Gasteiger partial charge in [0.1, 0.15) is 6.04 Å². The van der Waals surface area contributed by atoms with E-state index < -0.39 is 0 Å². The van der Waals surface area contributed by atoms with Gasteiger partial charge in [-0.05, 0) is 52.5 Å². The number of anilines is 1. The molecule has 0 radical (unpaired) electrons. The van der Waals surface area contributed by atoms with Crippen LogP contribution in [0.15, 0.2) is 53.0 Å². The zero-order chi connectivity index (χ0) is 14.4. The molecule has 0 bridgehead atoms. The molecule has 0 aliphatic heterocycles. The molecule has 2 rings (SSSR count). The van der Waals surface area contributed by atoms with Gasteiger partial charge >= 0.3 is 0 Å². The number of aryl methyl sites for hydroxylation is 1. The Morgan fingerprint density at radius 2 is 1.95 bits per heavy atom. The van der Waals surface area contributed by atoms with Gasteiger partial charge in [-0.15, -0.1) is 0 Å². The summed E-state index contributed by atoms with van der Waals surface area (Å²) < 4.78 is 0.823. The highest BCUT2D eigenvalue weighted by molar-refractivity contribution is 9.10. The Labute approximate surface area is 132 Å². The van der Waals surface area contributed by atoms with E-state index in [1.165, 1.54) is 5.56 Å². The lowest BCUT2D eigenvalue weighted by atomic mass is 10.1. The highest BCUT2D eigenvalue weighted by Gasteiger charge is 2.08. The molecule has 2 aromatic carbocycles. The quantitative estimate of drug-likeness (QED) is 0.821. The molecule has 0 fully saturated rings. The lowest BCUT2D eigenvalue weighted by molar-refractivity contribution is 0.769. The number of benzene rings is 2. The van der Waals surface area contributed by atoms with E-state index >= 15 is 0 Å². The average Bonchev–Trinajstić information content (AvgIpc) is 2.48. The van der Waals surface area contributed by atoms with E-state index in [2.05, 4.69) is 39.4 Å². The van der Waals surface area contributed by atoms with Crippen molar-refractivity contribution in [1.82, 2.24) is 0 Å². The lowest BCUT2D eigenvalue weighted by Gasteiger charge is -2.13. The second-order valence-corrected chi connectivity index (χ2v) is 5.74. The molecule has 20 heavy (non-hydrogen) atoms. The largest absolute Gasteiger partial charge is 0.370 e. The summed E-state index contributed by atoms with van der Waals surface area (Å²) in [6, 6.07) is 17.8. The van der Waals surface area contributed by atoms with Gasteiger partial charge < -0.3 is 5.32 Å². The molecular formula is C16H14BrClN2. The van der Waals surface area contributed by atoms with Crippen LogP contribution in [0.1, 0.15) is 12.0 Å². The molecule has 4 heteroatoms. The van der Waals surface area contributed by atoms with Gasteiger partial charge in [0.2, 0.25) is 0 Å². The highest BCUT2D eigenvalue weighted by Crippen LogP contribution is 2.26. The first kappa shape index (κ1) is 14.9. The van der Waals surface area contributed by atoms with Crippen molar-refractivity contribution in [3.63, 3.8) is 0 Å². The maximum Gasteiger partial charge on any atom is 0.114 e. The third kappa shape index (κ3) is 4.26. The van der Waals surface area contributed by atoms with Crippen LogP contribution in [0.3, 0.4) is 0 Å². The van der Waals surface area contributed by atoms with E-state index in [9.17, 15) is 5.26 Å². The predicted molar refractivity (Wildman–Crippen MR) is 86.9 cm³/mol. The van der Waals surface area contributed by atoms with Crippen LogP contribution in [0, 0.1) is 11.3 Å². The molecule has 0 amide bonds. The Morgan fingerprint density at radius 3 is 2.60 bits per heavy atom. The standard InChI is InChI=1S/C16H14BrClN2/c17-15-10-13(8-9-16(15)18)20-14(11-19)7-6-12-4-2-1-3-5-12/h1-5,8-10,14,20H,6-7H2. The minimum absolute atomic E-state index is 0.219. The third-order valence-electron chi connectivity index (χ3n) is 2.98. The number of halogens is 2. The summed E-state index contributed by atoms with van der Waals surface area (Å²) in [5.41, 5.74) is 2.13. The molecule has 1 N–H and O–H groups in total. The van der Waals surface area contributed by atoms with Crippen LogP contribution in [0.25, 0.3) is 0 Å². The van der Waals surface area contributed by atoms with Crippen molar-refractivity contribution in [3.05, 3.63) is 63.6 Å². The molecule has 102 valence electrons. The Hall–Kier alpha value is -1.50. The number of nitrogens with zero attached hydrogens (tertiary/aromatic N) is 1. The van der Waals surface area contributed by atoms with E-state index in [1.807, 2.05) is 30.3 Å². The van der Waals surface area contributed by atoms with E-state index in [0.717, 1.165) is 23.0 Å². The van der Waals surface area contributed by atoms with Crippen LogP contribution < -0.4 is 5.32 Å². The van der Waals surface area contributed by atoms with E-state index in [4.69, 9.17) is 11.6 Å². The monoisotopic (exact) mass is 348 g/mol. The van der Waals surface area contributed by atoms with Gasteiger partial charge in [-0.25, -0.2) is 0 Å². The Balaban J connectivity index is 1.95. The molecule has 0 spiro atoms. The molecule has 1 unspecified atom stereocenters. The van der Waals surface area contributed by atoms with Crippen LogP contribution in [-0.2, 0) is 6.42 Å². The van der Waals surface area contributed by atoms with E-state index in [-0.39, 0.29) is 6.04 Å². The lowest BCUT2D eigenvalue weighted by Crippen LogP contribution is -2.18. The van der Waals surface area contributed by atoms with Crippen molar-refractivity contribution in [2.45, 2.75) is 18.9 Å². The van der Waals surface area contributed by atoms with Gasteiger partial charge in [-0.2, -0.15) is 5.26 Å². The van der Waals surface area contributed by atoms with Crippen LogP contribution in [0.5, 0.6) is 0 Å². The summed E-state index contributed by atoms with van der Waals surface area (Å²) in [6.45, 7) is 0. The minimum atomic E-state index is -0.219. The van der Waals surface area contributed by atoms with Gasteiger partial charge in [0, 0.05) is 10.2 Å². The van der Waals surface area contributed by atoms with Crippen molar-refractivity contribution >= 4 is 33.2 Å². The fourth-order valence-electron chi connectivity index (χ4n) is 1.91. The number of hydrogen-bond acceptors (Lipinski definition) is 2. The van der Waals surface area contributed by atoms with Crippen molar-refractivity contribution in [3.8, 4) is 6.07 Å². The normalized spacial score (nSPS) is 11.7. The number of nitriles is 1. The first-order valence-electron chi connectivity index (χ1n) is 6.34. The SMILES string of the molecule is N#CC(CCc1ccccc1)Nc1ccc(Cl)c(Br)c1. The van der Waals surface area contributed by atoms with Crippen LogP contribution in [-0.4, -0.2) is 6.04 Å². The van der Waals surface area contributed by atoms with Gasteiger partial charge in [0.15, 0.2) is 0 Å². The summed E-state index contributed by atoms with van der Waals surface area (Å²) in [6.07, 6.45) is 1.64. The zero-order valence-corrected chi connectivity index (χ0v) is 13.2. The van der Waals surface area contributed by atoms with E-state index in [1.54, 1.807) is 6.07 Å². The van der Waals surface area contributed by atoms with Crippen molar-refractivity contribution in [1.29, 1.82) is 5.26 Å². The number of rotatable bonds is 5. The second-order valence-electron chi connectivity index (χ2n) is 4.48.